The van der Waals surface area contributed by atoms with E-state index in [-0.39, 0.29) is 5.91 Å². The molecule has 1 aliphatic rings. The van der Waals surface area contributed by atoms with E-state index in [1.54, 1.807) is 7.11 Å². The first-order chi connectivity index (χ1) is 12.6. The molecule has 3 rings (SSSR count). The summed E-state index contributed by atoms with van der Waals surface area (Å²) in [5.74, 6) is 1.16. The van der Waals surface area contributed by atoms with Crippen LogP contribution in [0.15, 0.2) is 52.4 Å². The van der Waals surface area contributed by atoms with E-state index >= 15 is 0 Å². The Balaban J connectivity index is 1.84. The van der Waals surface area contributed by atoms with Crippen molar-refractivity contribution in [2.75, 3.05) is 13.7 Å². The summed E-state index contributed by atoms with van der Waals surface area (Å²) in [5, 5.41) is 3.39. The molecule has 5 nitrogen and oxygen atoms in total. The normalized spacial score (nSPS) is 16.8. The van der Waals surface area contributed by atoms with Crippen LogP contribution in [0.4, 0.5) is 5.69 Å². The Bertz CT molecular complexity index is 890. The number of ether oxygens (including phenoxy) is 2. The van der Waals surface area contributed by atoms with Crippen LogP contribution in [0.1, 0.15) is 18.1 Å². The molecule has 6 heteroatoms. The van der Waals surface area contributed by atoms with Crippen molar-refractivity contribution in [3.8, 4) is 11.5 Å². The highest BCUT2D eigenvalue weighted by molar-refractivity contribution is 8.18. The number of thioether (sulfide) groups is 1. The number of carbonyl (C=O) groups excluding carboxylic acids is 1. The Kier molecular flexibility index (Phi) is 5.63. The molecule has 1 fully saturated rings. The molecule has 26 heavy (non-hydrogen) atoms. The third-order valence-electron chi connectivity index (χ3n) is 3.77. The Morgan fingerprint density at radius 1 is 1.19 bits per heavy atom. The molecule has 1 aliphatic heterocycles. The van der Waals surface area contributed by atoms with Gasteiger partial charge >= 0.3 is 0 Å². The van der Waals surface area contributed by atoms with Crippen LogP contribution in [0.5, 0.6) is 11.5 Å². The van der Waals surface area contributed by atoms with Gasteiger partial charge < -0.3 is 14.8 Å². The van der Waals surface area contributed by atoms with Crippen LogP contribution in [-0.2, 0) is 4.79 Å². The molecule has 1 heterocycles. The van der Waals surface area contributed by atoms with E-state index in [1.807, 2.05) is 62.4 Å². The van der Waals surface area contributed by atoms with E-state index in [0.717, 1.165) is 16.8 Å². The maximum atomic E-state index is 12.3. The summed E-state index contributed by atoms with van der Waals surface area (Å²) in [6.45, 7) is 4.47. The molecule has 0 aromatic heterocycles. The quantitative estimate of drug-likeness (QED) is 0.800. The average molecular weight is 368 g/mol. The van der Waals surface area contributed by atoms with Gasteiger partial charge in [-0.3, -0.25) is 4.79 Å². The molecule has 2 aromatic rings. The van der Waals surface area contributed by atoms with Gasteiger partial charge in [-0.2, -0.15) is 0 Å². The summed E-state index contributed by atoms with van der Waals surface area (Å²) in [7, 11) is 1.60. The summed E-state index contributed by atoms with van der Waals surface area (Å²) in [6, 6.07) is 13.4. The van der Waals surface area contributed by atoms with E-state index in [1.165, 1.54) is 11.8 Å². The van der Waals surface area contributed by atoms with E-state index in [4.69, 9.17) is 9.47 Å². The summed E-state index contributed by atoms with van der Waals surface area (Å²) in [5.41, 5.74) is 2.77. The number of hydrogen-bond acceptors (Lipinski definition) is 5. The zero-order valence-electron chi connectivity index (χ0n) is 14.9. The van der Waals surface area contributed by atoms with Crippen molar-refractivity contribution in [2.45, 2.75) is 13.8 Å². The first kappa shape index (κ1) is 18.1. The Hall–Kier alpha value is -2.73. The second kappa shape index (κ2) is 8.10. The van der Waals surface area contributed by atoms with Gasteiger partial charge in [-0.05, 0) is 61.0 Å². The number of nitrogens with zero attached hydrogens (tertiary/aromatic N) is 1. The highest BCUT2D eigenvalue weighted by Gasteiger charge is 2.24. The predicted octanol–water partition coefficient (Wildman–Crippen LogP) is 4.29. The highest BCUT2D eigenvalue weighted by atomic mass is 32.2. The van der Waals surface area contributed by atoms with Crippen LogP contribution in [0.3, 0.4) is 0 Å². The molecular weight excluding hydrogens is 348 g/mol. The largest absolute Gasteiger partial charge is 0.493 e. The molecule has 0 atom stereocenters. The predicted molar refractivity (Wildman–Crippen MR) is 106 cm³/mol. The molecule has 0 saturated carbocycles. The number of benzene rings is 2. The molecule has 1 saturated heterocycles. The van der Waals surface area contributed by atoms with E-state index < -0.39 is 0 Å². The molecule has 0 bridgehead atoms. The number of aliphatic imine (C=N–C) groups is 1. The van der Waals surface area contributed by atoms with Crippen LogP contribution in [0, 0.1) is 6.92 Å². The SMILES string of the molecule is CCOc1ccc(/C=C2\SC(=Nc3ccccc3C)NC2=O)cc1OC. The molecule has 1 N–H and O–H groups in total. The van der Waals surface area contributed by atoms with Gasteiger partial charge in [0.1, 0.15) is 0 Å². The number of amides is 1. The van der Waals surface area contributed by atoms with Gasteiger partial charge in [-0.15, -0.1) is 0 Å². The van der Waals surface area contributed by atoms with Gasteiger partial charge in [0.15, 0.2) is 16.7 Å². The van der Waals surface area contributed by atoms with Crippen LogP contribution >= 0.6 is 11.8 Å². The average Bonchev–Trinajstić information content (AvgIpc) is 2.97. The third kappa shape index (κ3) is 4.08. The molecule has 0 spiro atoms. The van der Waals surface area contributed by atoms with E-state index in [2.05, 4.69) is 10.3 Å². The maximum absolute atomic E-state index is 12.3. The second-order valence-electron chi connectivity index (χ2n) is 5.61. The second-order valence-corrected chi connectivity index (χ2v) is 6.64. The monoisotopic (exact) mass is 368 g/mol. The molecular formula is C20H20N2O3S. The van der Waals surface area contributed by atoms with Crippen molar-refractivity contribution in [1.29, 1.82) is 0 Å². The Morgan fingerprint density at radius 2 is 2.00 bits per heavy atom. The zero-order valence-corrected chi connectivity index (χ0v) is 15.7. The highest BCUT2D eigenvalue weighted by Crippen LogP contribution is 2.32. The fourth-order valence-electron chi connectivity index (χ4n) is 2.48. The lowest BCUT2D eigenvalue weighted by Gasteiger charge is -2.09. The molecule has 0 unspecified atom stereocenters. The van der Waals surface area contributed by atoms with Crippen LogP contribution in [0.2, 0.25) is 0 Å². The number of rotatable bonds is 5. The van der Waals surface area contributed by atoms with Gasteiger partial charge in [-0.1, -0.05) is 24.3 Å². The minimum absolute atomic E-state index is 0.157. The number of nitrogens with one attached hydrogen (secondary N) is 1. The molecule has 1 amide bonds. The lowest BCUT2D eigenvalue weighted by molar-refractivity contribution is -0.115. The first-order valence-corrected chi connectivity index (χ1v) is 9.08. The minimum Gasteiger partial charge on any atom is -0.493 e. The van der Waals surface area contributed by atoms with Gasteiger partial charge in [0.25, 0.3) is 5.91 Å². The fourth-order valence-corrected chi connectivity index (χ4v) is 3.31. The third-order valence-corrected chi connectivity index (χ3v) is 4.68. The summed E-state index contributed by atoms with van der Waals surface area (Å²) < 4.78 is 10.9. The van der Waals surface area contributed by atoms with Crippen molar-refractivity contribution in [2.24, 2.45) is 4.99 Å². The van der Waals surface area contributed by atoms with Gasteiger partial charge in [-0.25, -0.2) is 4.99 Å². The van der Waals surface area contributed by atoms with Crippen molar-refractivity contribution in [3.63, 3.8) is 0 Å². The van der Waals surface area contributed by atoms with E-state index in [0.29, 0.717) is 28.2 Å². The summed E-state index contributed by atoms with van der Waals surface area (Å²) in [6.07, 6.45) is 1.82. The summed E-state index contributed by atoms with van der Waals surface area (Å²) in [4.78, 5) is 17.4. The Labute approximate surface area is 157 Å². The van der Waals surface area contributed by atoms with Crippen LogP contribution in [0.25, 0.3) is 6.08 Å². The lowest BCUT2D eigenvalue weighted by Crippen LogP contribution is -2.19. The molecule has 134 valence electrons. The topological polar surface area (TPSA) is 59.9 Å². The fraction of sp³-hybridized carbons (Fsp3) is 0.200. The number of methoxy groups -OCH3 is 1. The number of hydrogen-bond donors (Lipinski definition) is 1. The van der Waals surface area contributed by atoms with Crippen LogP contribution < -0.4 is 14.8 Å². The Morgan fingerprint density at radius 3 is 2.73 bits per heavy atom. The minimum atomic E-state index is -0.157. The van der Waals surface area contributed by atoms with Gasteiger partial charge in [0, 0.05) is 0 Å². The van der Waals surface area contributed by atoms with Crippen LogP contribution in [-0.4, -0.2) is 24.8 Å². The maximum Gasteiger partial charge on any atom is 0.264 e. The summed E-state index contributed by atoms with van der Waals surface area (Å²) >= 11 is 1.32. The molecule has 2 aromatic carbocycles. The molecule has 0 aliphatic carbocycles. The smallest absolute Gasteiger partial charge is 0.264 e. The standard InChI is InChI=1S/C20H20N2O3S/c1-4-25-16-10-9-14(11-17(16)24-3)12-18-19(23)22-20(26-18)21-15-8-6-5-7-13(15)2/h5-12H,4H2,1-3H3,(H,21,22,23)/b18-12-. The number of aryl methyl sites for hydroxylation is 1. The van der Waals surface area contributed by atoms with Crippen molar-refractivity contribution >= 4 is 34.6 Å². The van der Waals surface area contributed by atoms with Crippen molar-refractivity contribution in [1.82, 2.24) is 5.32 Å². The number of para-hydroxylation sites is 1. The van der Waals surface area contributed by atoms with Gasteiger partial charge in [0.05, 0.1) is 24.3 Å². The number of carbonyl (C=O) groups is 1. The van der Waals surface area contributed by atoms with Crippen molar-refractivity contribution < 1.29 is 14.3 Å². The van der Waals surface area contributed by atoms with Crippen molar-refractivity contribution in [3.05, 3.63) is 58.5 Å². The lowest BCUT2D eigenvalue weighted by atomic mass is 10.2. The molecule has 0 radical (unpaired) electrons. The zero-order chi connectivity index (χ0) is 18.5. The van der Waals surface area contributed by atoms with Gasteiger partial charge in [0.2, 0.25) is 0 Å². The van der Waals surface area contributed by atoms with E-state index in [9.17, 15) is 4.79 Å². The first-order valence-electron chi connectivity index (χ1n) is 8.26. The number of amidine groups is 1.